The van der Waals surface area contributed by atoms with Crippen molar-refractivity contribution in [2.75, 3.05) is 18.1 Å². The van der Waals surface area contributed by atoms with Gasteiger partial charge in [-0.25, -0.2) is 4.79 Å². The molecule has 1 saturated carbocycles. The maximum absolute atomic E-state index is 12.6. The Bertz CT molecular complexity index is 378. The van der Waals surface area contributed by atoms with Crippen LogP contribution in [0.5, 0.6) is 0 Å². The molecule has 1 heterocycles. The number of carbonyl (C=O) groups excluding carboxylic acids is 1. The van der Waals surface area contributed by atoms with Crippen molar-refractivity contribution < 1.29 is 14.7 Å². The van der Waals surface area contributed by atoms with Gasteiger partial charge < -0.3 is 10.0 Å². The zero-order chi connectivity index (χ0) is 13.7. The quantitative estimate of drug-likeness (QED) is 0.830. The number of nitrogens with zero attached hydrogens (tertiary/aromatic N) is 1. The number of hydrogen-bond acceptors (Lipinski definition) is 3. The van der Waals surface area contributed by atoms with Crippen molar-refractivity contribution in [3.63, 3.8) is 0 Å². The van der Waals surface area contributed by atoms with Crippen LogP contribution in [0.2, 0.25) is 0 Å². The van der Waals surface area contributed by atoms with Crippen LogP contribution in [0.3, 0.4) is 0 Å². The Morgan fingerprint density at radius 3 is 2.22 bits per heavy atom. The van der Waals surface area contributed by atoms with Crippen molar-refractivity contribution in [3.05, 3.63) is 0 Å². The predicted molar refractivity (Wildman–Crippen MR) is 71.5 cm³/mol. The highest BCUT2D eigenvalue weighted by Gasteiger charge is 2.69. The Hall–Kier alpha value is -0.710. The minimum absolute atomic E-state index is 0.0256. The molecular formula is C13H21NO3S. The number of amides is 1. The lowest BCUT2D eigenvalue weighted by atomic mass is 10.0. The van der Waals surface area contributed by atoms with Crippen LogP contribution in [0.15, 0.2) is 0 Å². The highest BCUT2D eigenvalue weighted by atomic mass is 32.2. The highest BCUT2D eigenvalue weighted by molar-refractivity contribution is 7.99. The van der Waals surface area contributed by atoms with Gasteiger partial charge in [-0.05, 0) is 10.8 Å². The van der Waals surface area contributed by atoms with Crippen LogP contribution >= 0.6 is 11.8 Å². The van der Waals surface area contributed by atoms with Crippen molar-refractivity contribution in [2.24, 2.45) is 16.7 Å². The van der Waals surface area contributed by atoms with E-state index in [-0.39, 0.29) is 22.7 Å². The van der Waals surface area contributed by atoms with E-state index in [1.165, 1.54) is 0 Å². The summed E-state index contributed by atoms with van der Waals surface area (Å²) in [5.74, 6) is 0.442. The second-order valence-corrected chi connectivity index (χ2v) is 7.49. The van der Waals surface area contributed by atoms with Crippen LogP contribution in [-0.4, -0.2) is 46.0 Å². The van der Waals surface area contributed by atoms with E-state index in [0.29, 0.717) is 12.3 Å². The van der Waals surface area contributed by atoms with Gasteiger partial charge in [0.2, 0.25) is 5.91 Å². The molecule has 0 aromatic heterocycles. The molecule has 1 saturated heterocycles. The number of carboxylic acids is 1. The normalized spacial score (nSPS) is 30.0. The molecule has 0 aromatic carbocycles. The first-order chi connectivity index (χ1) is 8.21. The molecule has 0 bridgehead atoms. The van der Waals surface area contributed by atoms with Crippen LogP contribution in [0.1, 0.15) is 27.7 Å². The molecule has 1 atom stereocenters. The lowest BCUT2D eigenvalue weighted by Crippen LogP contribution is -2.51. The average Bonchev–Trinajstić information content (AvgIpc) is 2.68. The van der Waals surface area contributed by atoms with Gasteiger partial charge in [0.1, 0.15) is 6.04 Å². The molecule has 2 aliphatic rings. The Kier molecular flexibility index (Phi) is 3.16. The first-order valence-electron chi connectivity index (χ1n) is 6.32. The Morgan fingerprint density at radius 1 is 1.22 bits per heavy atom. The predicted octanol–water partition coefficient (Wildman–Crippen LogP) is 1.70. The van der Waals surface area contributed by atoms with E-state index in [0.717, 1.165) is 5.75 Å². The summed E-state index contributed by atoms with van der Waals surface area (Å²) in [6, 6.07) is -0.650. The first kappa shape index (κ1) is 13.7. The molecule has 1 amide bonds. The molecule has 0 radical (unpaired) electrons. The van der Waals surface area contributed by atoms with Crippen molar-refractivity contribution in [1.29, 1.82) is 0 Å². The first-order valence-corrected chi connectivity index (χ1v) is 7.47. The maximum Gasteiger partial charge on any atom is 0.327 e. The van der Waals surface area contributed by atoms with Gasteiger partial charge in [0.05, 0.1) is 0 Å². The smallest absolute Gasteiger partial charge is 0.327 e. The number of carbonyl (C=O) groups is 2. The highest BCUT2D eigenvalue weighted by Crippen LogP contribution is 2.68. The van der Waals surface area contributed by atoms with E-state index >= 15 is 0 Å². The Labute approximate surface area is 112 Å². The molecule has 1 unspecified atom stereocenters. The van der Waals surface area contributed by atoms with Gasteiger partial charge in [-0.1, -0.05) is 27.7 Å². The Morgan fingerprint density at radius 2 is 1.78 bits per heavy atom. The summed E-state index contributed by atoms with van der Waals surface area (Å²) >= 11 is 1.61. The largest absolute Gasteiger partial charge is 0.480 e. The van der Waals surface area contributed by atoms with Crippen molar-refractivity contribution >= 4 is 23.6 Å². The number of aliphatic carboxylic acids is 1. The van der Waals surface area contributed by atoms with E-state index in [4.69, 9.17) is 0 Å². The summed E-state index contributed by atoms with van der Waals surface area (Å²) < 4.78 is 0. The minimum atomic E-state index is -0.883. The molecule has 1 N–H and O–H groups in total. The fraction of sp³-hybridized carbons (Fsp3) is 0.846. The minimum Gasteiger partial charge on any atom is -0.480 e. The van der Waals surface area contributed by atoms with Crippen molar-refractivity contribution in [3.8, 4) is 0 Å². The van der Waals surface area contributed by atoms with Gasteiger partial charge >= 0.3 is 5.97 Å². The third-order valence-corrected chi connectivity index (χ3v) is 5.99. The van der Waals surface area contributed by atoms with Crippen LogP contribution in [-0.2, 0) is 9.59 Å². The van der Waals surface area contributed by atoms with E-state index in [2.05, 4.69) is 27.7 Å². The molecule has 102 valence electrons. The van der Waals surface area contributed by atoms with E-state index in [1.54, 1.807) is 16.7 Å². The molecule has 1 aliphatic heterocycles. The monoisotopic (exact) mass is 271 g/mol. The topological polar surface area (TPSA) is 57.6 Å². The van der Waals surface area contributed by atoms with Gasteiger partial charge in [-0.3, -0.25) is 4.79 Å². The molecule has 18 heavy (non-hydrogen) atoms. The summed E-state index contributed by atoms with van der Waals surface area (Å²) in [4.78, 5) is 25.4. The molecular weight excluding hydrogens is 250 g/mol. The summed E-state index contributed by atoms with van der Waals surface area (Å²) in [5.41, 5.74) is -0.0601. The molecule has 2 rings (SSSR count). The summed E-state index contributed by atoms with van der Waals surface area (Å²) in [6.07, 6.45) is 0. The lowest BCUT2D eigenvalue weighted by Gasteiger charge is -2.33. The van der Waals surface area contributed by atoms with E-state index in [9.17, 15) is 14.7 Å². The third-order valence-electron chi connectivity index (χ3n) is 4.96. The average molecular weight is 271 g/mol. The van der Waals surface area contributed by atoms with Gasteiger partial charge in [-0.2, -0.15) is 11.8 Å². The van der Waals surface area contributed by atoms with Gasteiger partial charge in [-0.15, -0.1) is 0 Å². The van der Waals surface area contributed by atoms with Crippen LogP contribution < -0.4 is 0 Å². The van der Waals surface area contributed by atoms with Crippen LogP contribution in [0, 0.1) is 16.7 Å². The van der Waals surface area contributed by atoms with Gasteiger partial charge in [0, 0.05) is 24.0 Å². The summed E-state index contributed by atoms with van der Waals surface area (Å²) in [6.45, 7) is 8.91. The molecule has 0 aromatic rings. The number of carboxylic acid groups (broad SMARTS) is 1. The van der Waals surface area contributed by atoms with Gasteiger partial charge in [0.25, 0.3) is 0 Å². The third kappa shape index (κ3) is 1.83. The zero-order valence-corrected chi connectivity index (χ0v) is 12.2. The number of hydrogen-bond donors (Lipinski definition) is 1. The molecule has 4 nitrogen and oxygen atoms in total. The second-order valence-electron chi connectivity index (χ2n) is 6.34. The van der Waals surface area contributed by atoms with Crippen molar-refractivity contribution in [1.82, 2.24) is 4.90 Å². The summed E-state index contributed by atoms with van der Waals surface area (Å²) in [5, 5.41) is 9.21. The molecule has 1 aliphatic carbocycles. The molecule has 0 spiro atoms. The van der Waals surface area contributed by atoms with E-state index < -0.39 is 12.0 Å². The summed E-state index contributed by atoms with van der Waals surface area (Å²) in [7, 11) is 0. The van der Waals surface area contributed by atoms with E-state index in [1.807, 2.05) is 0 Å². The van der Waals surface area contributed by atoms with Gasteiger partial charge in [0.15, 0.2) is 0 Å². The fourth-order valence-corrected chi connectivity index (χ4v) is 4.09. The number of rotatable bonds is 2. The van der Waals surface area contributed by atoms with Crippen LogP contribution in [0.4, 0.5) is 0 Å². The SMILES string of the molecule is CC1(C)C(C(=O)N2CCSCC2C(=O)O)C1(C)C. The zero-order valence-electron chi connectivity index (χ0n) is 11.4. The fourth-order valence-electron chi connectivity index (χ4n) is 3.05. The Balaban J connectivity index is 2.16. The second kappa shape index (κ2) is 4.15. The maximum atomic E-state index is 12.6. The standard InChI is InChI=1S/C13H21NO3S/c1-12(2)9(13(12,3)4)10(15)14-5-6-18-7-8(14)11(16)17/h8-9H,5-7H2,1-4H3,(H,16,17). The lowest BCUT2D eigenvalue weighted by molar-refractivity contribution is -0.150. The van der Waals surface area contributed by atoms with Crippen molar-refractivity contribution in [2.45, 2.75) is 33.7 Å². The number of thioether (sulfide) groups is 1. The molecule has 5 heteroatoms. The molecule has 2 fully saturated rings. The van der Waals surface area contributed by atoms with Crippen LogP contribution in [0.25, 0.3) is 0 Å².